The van der Waals surface area contributed by atoms with E-state index in [2.05, 4.69) is 5.32 Å². The summed E-state index contributed by atoms with van der Waals surface area (Å²) in [7, 11) is 0. The molecular formula is C23H18ClF2NO4. The molecule has 2 N–H and O–H groups in total. The average molecular weight is 446 g/mol. The summed E-state index contributed by atoms with van der Waals surface area (Å²) in [4.78, 5) is 23.8. The highest BCUT2D eigenvalue weighted by molar-refractivity contribution is 6.31. The zero-order valence-electron chi connectivity index (χ0n) is 16.4. The molecule has 0 fully saturated rings. The van der Waals surface area contributed by atoms with Crippen LogP contribution in [0.5, 0.6) is 5.75 Å². The zero-order valence-corrected chi connectivity index (χ0v) is 17.1. The van der Waals surface area contributed by atoms with Crippen molar-refractivity contribution in [2.45, 2.75) is 19.6 Å². The molecule has 0 aliphatic rings. The van der Waals surface area contributed by atoms with Crippen LogP contribution in [-0.2, 0) is 6.61 Å². The Hall–Kier alpha value is -3.45. The van der Waals surface area contributed by atoms with E-state index in [1.807, 2.05) is 0 Å². The van der Waals surface area contributed by atoms with Gasteiger partial charge in [-0.1, -0.05) is 35.9 Å². The highest BCUT2D eigenvalue weighted by atomic mass is 35.5. The van der Waals surface area contributed by atoms with Crippen LogP contribution in [0.25, 0.3) is 0 Å². The second kappa shape index (κ2) is 9.57. The Labute approximate surface area is 182 Å². The summed E-state index contributed by atoms with van der Waals surface area (Å²) in [6.45, 7) is 1.57. The molecule has 8 heteroatoms. The number of hydrogen-bond donors (Lipinski definition) is 2. The van der Waals surface area contributed by atoms with Gasteiger partial charge in [-0.05, 0) is 48.9 Å². The Morgan fingerprint density at radius 2 is 1.81 bits per heavy atom. The molecule has 31 heavy (non-hydrogen) atoms. The summed E-state index contributed by atoms with van der Waals surface area (Å²) < 4.78 is 32.6. The smallest absolute Gasteiger partial charge is 0.335 e. The van der Waals surface area contributed by atoms with E-state index in [4.69, 9.17) is 21.4 Å². The van der Waals surface area contributed by atoms with Crippen LogP contribution in [0.4, 0.5) is 8.78 Å². The molecule has 0 aliphatic heterocycles. The second-order valence-electron chi connectivity index (χ2n) is 6.76. The number of aromatic carboxylic acids is 1. The Morgan fingerprint density at radius 1 is 1.10 bits per heavy atom. The van der Waals surface area contributed by atoms with E-state index in [0.717, 1.165) is 6.07 Å². The van der Waals surface area contributed by atoms with Gasteiger partial charge in [0.25, 0.3) is 5.91 Å². The van der Waals surface area contributed by atoms with Crippen LogP contribution in [0, 0.1) is 11.6 Å². The lowest BCUT2D eigenvalue weighted by Crippen LogP contribution is -2.28. The number of ether oxygens (including phenoxy) is 1. The molecule has 0 unspecified atom stereocenters. The number of carbonyl (C=O) groups excluding carboxylic acids is 1. The van der Waals surface area contributed by atoms with Crippen molar-refractivity contribution >= 4 is 23.5 Å². The third-order valence-electron chi connectivity index (χ3n) is 4.62. The van der Waals surface area contributed by atoms with E-state index in [0.29, 0.717) is 16.1 Å². The monoisotopic (exact) mass is 445 g/mol. The van der Waals surface area contributed by atoms with Crippen molar-refractivity contribution in [2.75, 3.05) is 0 Å². The maximum absolute atomic E-state index is 13.8. The van der Waals surface area contributed by atoms with E-state index in [9.17, 15) is 18.4 Å². The van der Waals surface area contributed by atoms with Gasteiger partial charge < -0.3 is 15.2 Å². The first-order chi connectivity index (χ1) is 14.8. The van der Waals surface area contributed by atoms with Crippen LogP contribution in [0.2, 0.25) is 5.02 Å². The lowest BCUT2D eigenvalue weighted by molar-refractivity contribution is 0.0696. The topological polar surface area (TPSA) is 75.6 Å². The van der Waals surface area contributed by atoms with Crippen LogP contribution in [0.3, 0.4) is 0 Å². The molecule has 0 spiro atoms. The maximum atomic E-state index is 13.8. The van der Waals surface area contributed by atoms with E-state index in [1.165, 1.54) is 30.3 Å². The first-order valence-electron chi connectivity index (χ1n) is 9.25. The van der Waals surface area contributed by atoms with Gasteiger partial charge in [-0.2, -0.15) is 4.39 Å². The first-order valence-corrected chi connectivity index (χ1v) is 9.63. The fourth-order valence-electron chi connectivity index (χ4n) is 2.91. The number of amides is 1. The number of halogens is 3. The van der Waals surface area contributed by atoms with Crippen molar-refractivity contribution in [1.82, 2.24) is 5.32 Å². The maximum Gasteiger partial charge on any atom is 0.335 e. The number of benzene rings is 3. The summed E-state index contributed by atoms with van der Waals surface area (Å²) in [6, 6.07) is 13.9. The van der Waals surface area contributed by atoms with Gasteiger partial charge in [0.15, 0.2) is 11.6 Å². The van der Waals surface area contributed by atoms with Crippen molar-refractivity contribution in [3.05, 3.63) is 99.6 Å². The van der Waals surface area contributed by atoms with Crippen LogP contribution in [0.15, 0.2) is 60.7 Å². The zero-order chi connectivity index (χ0) is 22.5. The molecule has 3 aromatic rings. The predicted octanol–water partition coefficient (Wildman–Crippen LogP) is 5.39. The third kappa shape index (κ3) is 5.38. The molecule has 3 rings (SSSR count). The molecule has 0 saturated carbocycles. The summed E-state index contributed by atoms with van der Waals surface area (Å²) in [5, 5.41) is 12.1. The third-order valence-corrected chi connectivity index (χ3v) is 4.86. The lowest BCUT2D eigenvalue weighted by atomic mass is 10.0. The summed E-state index contributed by atoms with van der Waals surface area (Å²) in [5.41, 5.74) is 1.50. The Bertz CT molecular complexity index is 1120. The van der Waals surface area contributed by atoms with Gasteiger partial charge in [0, 0.05) is 16.1 Å². The standard InChI is InChI=1S/C23H18ClF2NO4/c1-13(14-5-7-15(8-6-14)23(29)30)27-22(28)18-11-17(24)10-9-16(18)12-31-20-4-2-3-19(25)21(20)26/h2-11,13H,12H2,1H3,(H,27,28)(H,29,30)/t13-/m0/s1. The molecule has 0 bridgehead atoms. The van der Waals surface area contributed by atoms with E-state index in [-0.39, 0.29) is 23.5 Å². The molecule has 1 amide bonds. The second-order valence-corrected chi connectivity index (χ2v) is 7.20. The molecule has 0 aliphatic carbocycles. The van der Waals surface area contributed by atoms with E-state index >= 15 is 0 Å². The van der Waals surface area contributed by atoms with Crippen molar-refractivity contribution in [3.63, 3.8) is 0 Å². The van der Waals surface area contributed by atoms with Crippen molar-refractivity contribution < 1.29 is 28.2 Å². The molecule has 0 radical (unpaired) electrons. The number of nitrogens with one attached hydrogen (secondary N) is 1. The van der Waals surface area contributed by atoms with Gasteiger partial charge in [0.2, 0.25) is 5.82 Å². The fraction of sp³-hybridized carbons (Fsp3) is 0.130. The van der Waals surface area contributed by atoms with Gasteiger partial charge >= 0.3 is 5.97 Å². The molecule has 3 aromatic carbocycles. The largest absolute Gasteiger partial charge is 0.486 e. The first kappa shape index (κ1) is 22.2. The molecule has 0 saturated heterocycles. The molecule has 5 nitrogen and oxygen atoms in total. The number of rotatable bonds is 7. The van der Waals surface area contributed by atoms with Crippen molar-refractivity contribution in [3.8, 4) is 5.75 Å². The quantitative estimate of drug-likeness (QED) is 0.511. The van der Waals surface area contributed by atoms with Gasteiger partial charge in [-0.15, -0.1) is 0 Å². The summed E-state index contributed by atoms with van der Waals surface area (Å²) in [5.74, 6) is -3.90. The van der Waals surface area contributed by atoms with E-state index in [1.54, 1.807) is 31.2 Å². The number of carbonyl (C=O) groups is 2. The van der Waals surface area contributed by atoms with Crippen molar-refractivity contribution in [1.29, 1.82) is 0 Å². The number of hydrogen-bond acceptors (Lipinski definition) is 3. The van der Waals surface area contributed by atoms with Gasteiger partial charge in [-0.3, -0.25) is 4.79 Å². The highest BCUT2D eigenvalue weighted by Gasteiger charge is 2.17. The predicted molar refractivity (Wildman–Crippen MR) is 111 cm³/mol. The average Bonchev–Trinajstić information content (AvgIpc) is 2.75. The number of carboxylic acid groups (broad SMARTS) is 1. The van der Waals surface area contributed by atoms with Gasteiger partial charge in [0.05, 0.1) is 11.6 Å². The van der Waals surface area contributed by atoms with Crippen LogP contribution < -0.4 is 10.1 Å². The molecule has 0 aromatic heterocycles. The molecule has 1 atom stereocenters. The van der Waals surface area contributed by atoms with E-state index < -0.39 is 29.6 Å². The van der Waals surface area contributed by atoms with Crippen LogP contribution in [-0.4, -0.2) is 17.0 Å². The lowest BCUT2D eigenvalue weighted by Gasteiger charge is -2.17. The van der Waals surface area contributed by atoms with Gasteiger partial charge in [0.1, 0.15) is 6.61 Å². The minimum Gasteiger partial charge on any atom is -0.486 e. The Kier molecular flexibility index (Phi) is 6.87. The SMILES string of the molecule is C[C@H](NC(=O)c1cc(Cl)ccc1COc1cccc(F)c1F)c1ccc(C(=O)O)cc1. The Morgan fingerprint density at radius 3 is 2.48 bits per heavy atom. The molecular weight excluding hydrogens is 428 g/mol. The summed E-state index contributed by atoms with van der Waals surface area (Å²) >= 11 is 6.04. The minimum atomic E-state index is -1.11. The van der Waals surface area contributed by atoms with Gasteiger partial charge in [-0.25, -0.2) is 9.18 Å². The van der Waals surface area contributed by atoms with Crippen molar-refractivity contribution in [2.24, 2.45) is 0 Å². The van der Waals surface area contributed by atoms with Crippen LogP contribution in [0.1, 0.15) is 44.8 Å². The number of carboxylic acids is 1. The summed E-state index contributed by atoms with van der Waals surface area (Å²) in [6.07, 6.45) is 0. The van der Waals surface area contributed by atoms with Crippen LogP contribution >= 0.6 is 11.6 Å². The fourth-order valence-corrected chi connectivity index (χ4v) is 3.08. The molecule has 160 valence electrons. The Balaban J connectivity index is 1.76. The molecule has 0 heterocycles. The highest BCUT2D eigenvalue weighted by Crippen LogP contribution is 2.23. The normalized spacial score (nSPS) is 11.6. The minimum absolute atomic E-state index is 0.140.